The summed E-state index contributed by atoms with van der Waals surface area (Å²) in [5.74, 6) is -1.01. The van der Waals surface area contributed by atoms with Gasteiger partial charge in [-0.2, -0.15) is 0 Å². The Hall–Kier alpha value is -2.54. The van der Waals surface area contributed by atoms with Gasteiger partial charge in [0.15, 0.2) is 18.7 Å². The molecule has 54 heavy (non-hydrogen) atoms. The molecule has 11 unspecified atom stereocenters. The Bertz CT molecular complexity index is 1140. The highest BCUT2D eigenvalue weighted by Crippen LogP contribution is 2.26. The molecule has 310 valence electrons. The molecule has 2 rings (SSSR count). The van der Waals surface area contributed by atoms with Gasteiger partial charge in [0, 0.05) is 12.8 Å². The molecule has 0 saturated carbocycles. The lowest BCUT2D eigenvalue weighted by molar-refractivity contribution is -0.332. The van der Waals surface area contributed by atoms with E-state index in [0.717, 1.165) is 51.4 Å². The van der Waals surface area contributed by atoms with Crippen molar-refractivity contribution in [1.29, 1.82) is 0 Å². The molecule has 11 atom stereocenters. The van der Waals surface area contributed by atoms with Gasteiger partial charge in [-0.3, -0.25) is 9.59 Å². The molecular weight excluding hydrogens is 708 g/mol. The van der Waals surface area contributed by atoms with Crippen LogP contribution in [0.15, 0.2) is 48.6 Å². The topological polar surface area (TPSA) is 231 Å². The Morgan fingerprint density at radius 2 is 1.15 bits per heavy atom. The van der Waals surface area contributed by atoms with Crippen LogP contribution in [0.4, 0.5) is 0 Å². The van der Waals surface area contributed by atoms with Gasteiger partial charge in [-0.15, -0.1) is 0 Å². The summed E-state index contributed by atoms with van der Waals surface area (Å²) in [7, 11) is 0. The van der Waals surface area contributed by atoms with E-state index in [4.69, 9.17) is 28.4 Å². The highest BCUT2D eigenvalue weighted by atomic mass is 16.7. The van der Waals surface area contributed by atoms with Crippen molar-refractivity contribution in [2.75, 3.05) is 26.4 Å². The van der Waals surface area contributed by atoms with Gasteiger partial charge >= 0.3 is 11.9 Å². The monoisotopic (exact) mass is 772 g/mol. The summed E-state index contributed by atoms with van der Waals surface area (Å²) < 4.78 is 33.0. The molecule has 2 aliphatic heterocycles. The molecular formula is C39H64O15. The fourth-order valence-electron chi connectivity index (χ4n) is 5.56. The fourth-order valence-corrected chi connectivity index (χ4v) is 5.56. The Balaban J connectivity index is 1.87. The van der Waals surface area contributed by atoms with Crippen LogP contribution in [-0.2, 0) is 38.0 Å². The number of carbonyl (C=O) groups is 2. The van der Waals surface area contributed by atoms with Gasteiger partial charge in [-0.05, 0) is 51.4 Å². The predicted molar refractivity (Wildman–Crippen MR) is 197 cm³/mol. The maximum Gasteiger partial charge on any atom is 0.306 e. The zero-order valence-electron chi connectivity index (χ0n) is 31.7. The molecule has 2 heterocycles. The number of esters is 2. The minimum absolute atomic E-state index is 0.110. The van der Waals surface area contributed by atoms with E-state index in [2.05, 4.69) is 55.5 Å². The second-order valence-electron chi connectivity index (χ2n) is 13.4. The van der Waals surface area contributed by atoms with Gasteiger partial charge in [0.25, 0.3) is 0 Å². The number of allylic oxidation sites excluding steroid dienone is 8. The normalized spacial score (nSPS) is 29.8. The lowest BCUT2D eigenvalue weighted by Crippen LogP contribution is -2.61. The molecule has 15 heteroatoms. The second kappa shape index (κ2) is 27.9. The number of aliphatic hydroxyl groups is 7. The highest BCUT2D eigenvalue weighted by molar-refractivity contribution is 5.70. The molecule has 0 radical (unpaired) electrons. The number of carbonyl (C=O) groups excluding carboxylic acids is 2. The second-order valence-corrected chi connectivity index (χ2v) is 13.4. The van der Waals surface area contributed by atoms with Crippen LogP contribution >= 0.6 is 0 Å². The van der Waals surface area contributed by atoms with E-state index in [1.165, 1.54) is 0 Å². The largest absolute Gasteiger partial charge is 0.462 e. The van der Waals surface area contributed by atoms with Gasteiger partial charge in [-0.1, -0.05) is 75.3 Å². The standard InChI is InChI=1S/C39H64O15/c1-3-5-7-8-9-10-11-12-13-14-15-16-17-18-20-22-31(42)52-27(24-49-30(41)21-19-6-4-2)25-50-38-37(48)35(46)33(44)29(54-38)26-51-39-36(47)34(45)32(43)28(23-40)53-39/h5,7,9-10,12-13,15-16,27-29,32-40,43-48H,3-4,6,8,11,14,17-26H2,1-2H3/b7-5-,10-9-,13-12-,16-15-. The van der Waals surface area contributed by atoms with Gasteiger partial charge in [0.05, 0.1) is 19.8 Å². The minimum Gasteiger partial charge on any atom is -0.462 e. The molecule has 0 aromatic heterocycles. The molecule has 0 aromatic carbocycles. The van der Waals surface area contributed by atoms with Crippen molar-refractivity contribution >= 4 is 11.9 Å². The average Bonchev–Trinajstić information content (AvgIpc) is 3.16. The third-order valence-corrected chi connectivity index (χ3v) is 8.82. The first kappa shape index (κ1) is 47.6. The van der Waals surface area contributed by atoms with Crippen molar-refractivity contribution in [1.82, 2.24) is 0 Å². The van der Waals surface area contributed by atoms with E-state index in [0.29, 0.717) is 12.8 Å². The van der Waals surface area contributed by atoms with Crippen molar-refractivity contribution < 1.29 is 73.8 Å². The number of hydrogen-bond acceptors (Lipinski definition) is 15. The van der Waals surface area contributed by atoms with E-state index in [1.807, 2.05) is 6.92 Å². The van der Waals surface area contributed by atoms with E-state index in [-0.39, 0.29) is 19.4 Å². The summed E-state index contributed by atoms with van der Waals surface area (Å²) in [6.07, 6.45) is 8.53. The van der Waals surface area contributed by atoms with E-state index < -0.39 is 99.3 Å². The zero-order valence-corrected chi connectivity index (χ0v) is 31.7. The number of ether oxygens (including phenoxy) is 6. The summed E-state index contributed by atoms with van der Waals surface area (Å²) in [6.45, 7) is 2.17. The van der Waals surface area contributed by atoms with Crippen molar-refractivity contribution in [2.24, 2.45) is 0 Å². The number of unbranched alkanes of at least 4 members (excludes halogenated alkanes) is 4. The Morgan fingerprint density at radius 3 is 1.76 bits per heavy atom. The molecule has 15 nitrogen and oxygen atoms in total. The van der Waals surface area contributed by atoms with E-state index in [1.54, 1.807) is 0 Å². The third-order valence-electron chi connectivity index (χ3n) is 8.82. The Labute approximate surface area is 318 Å². The summed E-state index contributed by atoms with van der Waals surface area (Å²) >= 11 is 0. The van der Waals surface area contributed by atoms with E-state index >= 15 is 0 Å². The van der Waals surface area contributed by atoms with Crippen LogP contribution in [0.1, 0.15) is 90.9 Å². The van der Waals surface area contributed by atoms with Crippen LogP contribution in [-0.4, -0.2) is 142 Å². The minimum atomic E-state index is -1.77. The highest BCUT2D eigenvalue weighted by Gasteiger charge is 2.47. The summed E-state index contributed by atoms with van der Waals surface area (Å²) in [5, 5.41) is 71.3. The summed E-state index contributed by atoms with van der Waals surface area (Å²) in [6, 6.07) is 0. The van der Waals surface area contributed by atoms with Crippen LogP contribution in [0.5, 0.6) is 0 Å². The predicted octanol–water partition coefficient (Wildman–Crippen LogP) is 2.03. The zero-order chi connectivity index (χ0) is 39.7. The first-order valence-corrected chi connectivity index (χ1v) is 19.2. The third kappa shape index (κ3) is 17.9. The van der Waals surface area contributed by atoms with Gasteiger partial charge in [0.2, 0.25) is 0 Å². The number of hydrogen-bond donors (Lipinski definition) is 7. The molecule has 2 fully saturated rings. The van der Waals surface area contributed by atoms with Crippen LogP contribution < -0.4 is 0 Å². The lowest BCUT2D eigenvalue weighted by atomic mass is 9.98. The summed E-state index contributed by atoms with van der Waals surface area (Å²) in [4.78, 5) is 25.0. The molecule has 0 spiro atoms. The number of aliphatic hydroxyl groups excluding tert-OH is 7. The van der Waals surface area contributed by atoms with Crippen molar-refractivity contribution in [2.45, 2.75) is 158 Å². The van der Waals surface area contributed by atoms with Crippen LogP contribution in [0.2, 0.25) is 0 Å². The lowest BCUT2D eigenvalue weighted by Gasteiger charge is -2.42. The maximum absolute atomic E-state index is 12.7. The van der Waals surface area contributed by atoms with Gasteiger partial charge < -0.3 is 64.2 Å². The molecule has 0 bridgehead atoms. The molecule has 2 aliphatic rings. The van der Waals surface area contributed by atoms with Crippen molar-refractivity contribution in [3.63, 3.8) is 0 Å². The van der Waals surface area contributed by atoms with Gasteiger partial charge in [0.1, 0.15) is 55.4 Å². The molecule has 7 N–H and O–H groups in total. The Morgan fingerprint density at radius 1 is 0.611 bits per heavy atom. The molecule has 0 aromatic rings. The van der Waals surface area contributed by atoms with Crippen molar-refractivity contribution in [3.8, 4) is 0 Å². The summed E-state index contributed by atoms with van der Waals surface area (Å²) in [5.41, 5.74) is 0. The first-order chi connectivity index (χ1) is 26.0. The first-order valence-electron chi connectivity index (χ1n) is 19.2. The smallest absolute Gasteiger partial charge is 0.306 e. The molecule has 2 saturated heterocycles. The Kier molecular flexibility index (Phi) is 24.6. The van der Waals surface area contributed by atoms with Crippen molar-refractivity contribution in [3.05, 3.63) is 48.6 Å². The van der Waals surface area contributed by atoms with Crippen LogP contribution in [0, 0.1) is 0 Å². The molecule has 0 aliphatic carbocycles. The van der Waals surface area contributed by atoms with Crippen LogP contribution in [0.3, 0.4) is 0 Å². The SMILES string of the molecule is CC/C=C\C/C=C\C/C=C\C/C=C\CCCCC(=O)OC(COC(=O)CCCCC)COC1OC(COC2OC(CO)C(O)C(O)C2O)C(O)C(O)C1O. The van der Waals surface area contributed by atoms with Crippen LogP contribution in [0.25, 0.3) is 0 Å². The van der Waals surface area contributed by atoms with E-state index in [9.17, 15) is 45.3 Å². The maximum atomic E-state index is 12.7. The number of rotatable bonds is 26. The average molecular weight is 773 g/mol. The fraction of sp³-hybridized carbons (Fsp3) is 0.744. The quantitative estimate of drug-likeness (QED) is 0.0379. The van der Waals surface area contributed by atoms with Gasteiger partial charge in [-0.25, -0.2) is 0 Å². The molecule has 0 amide bonds.